The Morgan fingerprint density at radius 2 is 2.04 bits per heavy atom. The molecular formula is C16H23BrN2O4S. The van der Waals surface area contributed by atoms with Crippen LogP contribution in [0.1, 0.15) is 36.5 Å². The van der Waals surface area contributed by atoms with E-state index in [4.69, 9.17) is 4.74 Å². The highest BCUT2D eigenvalue weighted by Crippen LogP contribution is 2.25. The number of rotatable bonds is 8. The first-order chi connectivity index (χ1) is 11.5. The zero-order chi connectivity index (χ0) is 17.6. The lowest BCUT2D eigenvalue weighted by Gasteiger charge is -2.16. The number of sulfonamides is 1. The van der Waals surface area contributed by atoms with Crippen molar-refractivity contribution in [3.8, 4) is 0 Å². The highest BCUT2D eigenvalue weighted by molar-refractivity contribution is 9.10. The highest BCUT2D eigenvalue weighted by Gasteiger charge is 2.28. The van der Waals surface area contributed by atoms with E-state index in [9.17, 15) is 13.2 Å². The van der Waals surface area contributed by atoms with E-state index in [0.717, 1.165) is 12.8 Å². The van der Waals surface area contributed by atoms with Crippen molar-refractivity contribution >= 4 is 31.9 Å². The molecule has 1 heterocycles. The lowest BCUT2D eigenvalue weighted by atomic mass is 10.2. The van der Waals surface area contributed by atoms with Gasteiger partial charge in [0, 0.05) is 37.3 Å². The number of hydrogen-bond donors (Lipinski definition) is 1. The molecular weight excluding hydrogens is 396 g/mol. The van der Waals surface area contributed by atoms with E-state index < -0.39 is 10.0 Å². The Labute approximate surface area is 151 Å². The summed E-state index contributed by atoms with van der Waals surface area (Å²) in [6.45, 7) is 4.71. The van der Waals surface area contributed by atoms with Crippen molar-refractivity contribution in [2.45, 2.75) is 31.1 Å². The van der Waals surface area contributed by atoms with Crippen molar-refractivity contribution in [1.82, 2.24) is 9.62 Å². The van der Waals surface area contributed by atoms with E-state index in [1.807, 2.05) is 6.92 Å². The summed E-state index contributed by atoms with van der Waals surface area (Å²) in [4.78, 5) is 12.5. The Bertz CT molecular complexity index is 673. The SMILES string of the molecule is CCOCCCNC(=O)c1cc(S(=O)(=O)N2CCCC2)ccc1Br. The molecule has 24 heavy (non-hydrogen) atoms. The quantitative estimate of drug-likeness (QED) is 0.657. The molecule has 1 saturated heterocycles. The topological polar surface area (TPSA) is 75.7 Å². The molecule has 1 aliphatic rings. The van der Waals surface area contributed by atoms with Crippen LogP contribution in [0.5, 0.6) is 0 Å². The summed E-state index contributed by atoms with van der Waals surface area (Å²) in [5.41, 5.74) is 0.326. The monoisotopic (exact) mass is 418 g/mol. The van der Waals surface area contributed by atoms with Crippen LogP contribution in [0, 0.1) is 0 Å². The van der Waals surface area contributed by atoms with Gasteiger partial charge < -0.3 is 10.1 Å². The molecule has 1 aliphatic heterocycles. The molecule has 0 bridgehead atoms. The zero-order valence-electron chi connectivity index (χ0n) is 13.8. The van der Waals surface area contributed by atoms with Crippen LogP contribution in [0.2, 0.25) is 0 Å². The minimum Gasteiger partial charge on any atom is -0.382 e. The number of ether oxygens (including phenoxy) is 1. The van der Waals surface area contributed by atoms with Gasteiger partial charge in [0.2, 0.25) is 10.0 Å². The molecule has 1 N–H and O–H groups in total. The van der Waals surface area contributed by atoms with Crippen LogP contribution in [-0.4, -0.2) is 51.5 Å². The standard InChI is InChI=1S/C16H23BrN2O4S/c1-2-23-11-5-8-18-16(20)14-12-13(6-7-15(14)17)24(21,22)19-9-3-4-10-19/h6-7,12H,2-5,8-11H2,1H3,(H,18,20). The van der Waals surface area contributed by atoms with Crippen LogP contribution >= 0.6 is 15.9 Å². The van der Waals surface area contributed by atoms with Gasteiger partial charge in [0.1, 0.15) is 0 Å². The molecule has 1 fully saturated rings. The highest BCUT2D eigenvalue weighted by atomic mass is 79.9. The van der Waals surface area contributed by atoms with Crippen LogP contribution < -0.4 is 5.32 Å². The van der Waals surface area contributed by atoms with Gasteiger partial charge in [0.05, 0.1) is 10.5 Å². The van der Waals surface area contributed by atoms with E-state index in [-0.39, 0.29) is 10.8 Å². The molecule has 0 saturated carbocycles. The summed E-state index contributed by atoms with van der Waals surface area (Å²) >= 11 is 3.32. The summed E-state index contributed by atoms with van der Waals surface area (Å²) in [5, 5.41) is 2.79. The third-order valence-corrected chi connectivity index (χ3v) is 6.43. The van der Waals surface area contributed by atoms with E-state index >= 15 is 0 Å². The van der Waals surface area contributed by atoms with E-state index in [1.54, 1.807) is 6.07 Å². The van der Waals surface area contributed by atoms with Crippen LogP contribution in [0.15, 0.2) is 27.6 Å². The van der Waals surface area contributed by atoms with Crippen LogP contribution in [0.3, 0.4) is 0 Å². The van der Waals surface area contributed by atoms with E-state index in [1.165, 1.54) is 16.4 Å². The molecule has 0 spiro atoms. The maximum Gasteiger partial charge on any atom is 0.252 e. The number of nitrogens with zero attached hydrogens (tertiary/aromatic N) is 1. The maximum atomic E-state index is 12.6. The number of carbonyl (C=O) groups excluding carboxylic acids is 1. The fourth-order valence-corrected chi connectivity index (χ4v) is 4.50. The molecule has 0 radical (unpaired) electrons. The lowest BCUT2D eigenvalue weighted by molar-refractivity contribution is 0.0943. The Balaban J connectivity index is 2.09. The van der Waals surface area contributed by atoms with Gasteiger partial charge in [-0.2, -0.15) is 4.31 Å². The number of benzene rings is 1. The summed E-state index contributed by atoms with van der Waals surface area (Å²) in [6, 6.07) is 4.58. The predicted molar refractivity (Wildman–Crippen MR) is 95.6 cm³/mol. The molecule has 0 atom stereocenters. The van der Waals surface area contributed by atoms with Gasteiger partial charge in [-0.1, -0.05) is 0 Å². The van der Waals surface area contributed by atoms with Crippen molar-refractivity contribution in [3.63, 3.8) is 0 Å². The minimum absolute atomic E-state index is 0.159. The van der Waals surface area contributed by atoms with Gasteiger partial charge in [-0.3, -0.25) is 4.79 Å². The Kier molecular flexibility index (Phi) is 7.21. The molecule has 1 amide bonds. The van der Waals surface area contributed by atoms with E-state index in [0.29, 0.717) is 49.3 Å². The lowest BCUT2D eigenvalue weighted by Crippen LogP contribution is -2.29. The second-order valence-electron chi connectivity index (χ2n) is 5.56. The maximum absolute atomic E-state index is 12.6. The van der Waals surface area contributed by atoms with Gasteiger partial charge in [-0.05, 0) is 60.3 Å². The van der Waals surface area contributed by atoms with Gasteiger partial charge in [-0.15, -0.1) is 0 Å². The van der Waals surface area contributed by atoms with Crippen LogP contribution in [0.25, 0.3) is 0 Å². The third kappa shape index (κ3) is 4.78. The Morgan fingerprint density at radius 1 is 1.33 bits per heavy atom. The molecule has 0 aromatic heterocycles. The normalized spacial score (nSPS) is 15.6. The van der Waals surface area contributed by atoms with E-state index in [2.05, 4.69) is 21.2 Å². The average Bonchev–Trinajstić information content (AvgIpc) is 3.10. The number of nitrogens with one attached hydrogen (secondary N) is 1. The molecule has 6 nitrogen and oxygen atoms in total. The summed E-state index contributed by atoms with van der Waals surface area (Å²) in [5.74, 6) is -0.295. The van der Waals surface area contributed by atoms with Crippen molar-refractivity contribution < 1.29 is 17.9 Å². The average molecular weight is 419 g/mol. The number of hydrogen-bond acceptors (Lipinski definition) is 4. The summed E-state index contributed by atoms with van der Waals surface area (Å²) < 4.78 is 32.5. The molecule has 0 unspecified atom stereocenters. The van der Waals surface area contributed by atoms with Gasteiger partial charge in [-0.25, -0.2) is 8.42 Å². The van der Waals surface area contributed by atoms with Gasteiger partial charge in [0.15, 0.2) is 0 Å². The second kappa shape index (κ2) is 8.94. The first-order valence-corrected chi connectivity index (χ1v) is 10.4. The fourth-order valence-electron chi connectivity index (χ4n) is 2.53. The number of amides is 1. The molecule has 2 rings (SSSR count). The largest absolute Gasteiger partial charge is 0.382 e. The molecule has 1 aromatic carbocycles. The molecule has 8 heteroatoms. The number of carbonyl (C=O) groups is 1. The molecule has 134 valence electrons. The third-order valence-electron chi connectivity index (χ3n) is 3.84. The van der Waals surface area contributed by atoms with Crippen molar-refractivity contribution in [2.24, 2.45) is 0 Å². The predicted octanol–water partition coefficient (Wildman–Crippen LogP) is 2.39. The van der Waals surface area contributed by atoms with Gasteiger partial charge >= 0.3 is 0 Å². The van der Waals surface area contributed by atoms with Crippen molar-refractivity contribution in [2.75, 3.05) is 32.8 Å². The zero-order valence-corrected chi connectivity index (χ0v) is 16.2. The fraction of sp³-hybridized carbons (Fsp3) is 0.562. The summed E-state index contributed by atoms with van der Waals surface area (Å²) in [6.07, 6.45) is 2.47. The van der Waals surface area contributed by atoms with Crippen molar-refractivity contribution in [1.29, 1.82) is 0 Å². The van der Waals surface area contributed by atoms with Crippen LogP contribution in [0.4, 0.5) is 0 Å². The van der Waals surface area contributed by atoms with Crippen molar-refractivity contribution in [3.05, 3.63) is 28.2 Å². The van der Waals surface area contributed by atoms with Gasteiger partial charge in [0.25, 0.3) is 5.91 Å². The van der Waals surface area contributed by atoms with Crippen LogP contribution in [-0.2, 0) is 14.8 Å². The first-order valence-electron chi connectivity index (χ1n) is 8.12. The smallest absolute Gasteiger partial charge is 0.252 e. The Hall–Kier alpha value is -0.960. The first kappa shape index (κ1) is 19.4. The second-order valence-corrected chi connectivity index (χ2v) is 8.35. The summed E-state index contributed by atoms with van der Waals surface area (Å²) in [7, 11) is -3.53. The minimum atomic E-state index is -3.53. The molecule has 1 aromatic rings. The molecule has 0 aliphatic carbocycles. The number of halogens is 1. The Morgan fingerprint density at radius 3 is 2.71 bits per heavy atom.